The number of benzene rings is 2. The molecule has 0 aromatic heterocycles. The minimum atomic E-state index is -4.41. The molecule has 3 heterocycles. The van der Waals surface area contributed by atoms with E-state index in [0.29, 0.717) is 21.1 Å². The Labute approximate surface area is 295 Å². The Morgan fingerprint density at radius 1 is 0.940 bits per heavy atom. The van der Waals surface area contributed by atoms with Gasteiger partial charge in [0.2, 0.25) is 5.69 Å². The molecule has 0 radical (unpaired) electrons. The highest BCUT2D eigenvalue weighted by Crippen LogP contribution is 2.48. The highest BCUT2D eigenvalue weighted by molar-refractivity contribution is 8.03. The number of imide groups is 1. The Kier molecular flexibility index (Phi) is 9.83. The fraction of sp³-hybridized carbons (Fsp3) is 0.353. The van der Waals surface area contributed by atoms with Crippen LogP contribution >= 0.6 is 11.8 Å². The van der Waals surface area contributed by atoms with Crippen LogP contribution in [0.1, 0.15) is 58.1 Å². The van der Waals surface area contributed by atoms with E-state index in [1.807, 2.05) is 75.6 Å². The SMILES string of the molecule is CN1\C(=C/C=C(/C=C/C2=[N+](C)c3ccc(S(=O)(=O)O)cc3C2(C)C)SCCC(=O)ON2C(=O)CCC2=O)C(C)(C)c2cc(S(=O)(=O)O)ccc21. The molecule has 1 saturated heterocycles. The highest BCUT2D eigenvalue weighted by Gasteiger charge is 2.44. The molecule has 2 aromatic carbocycles. The number of hydrogen-bond acceptors (Lipinski definition) is 10. The van der Waals surface area contributed by atoms with Crippen molar-refractivity contribution in [1.29, 1.82) is 0 Å². The summed E-state index contributed by atoms with van der Waals surface area (Å²) in [5.74, 6) is -1.63. The van der Waals surface area contributed by atoms with Gasteiger partial charge in [0.1, 0.15) is 7.05 Å². The van der Waals surface area contributed by atoms with Crippen LogP contribution in [0.2, 0.25) is 0 Å². The largest absolute Gasteiger partial charge is 0.347 e. The second-order valence-electron chi connectivity index (χ2n) is 13.2. The first-order valence-electron chi connectivity index (χ1n) is 15.5. The lowest BCUT2D eigenvalue weighted by molar-refractivity contribution is -0.401. The first-order valence-corrected chi connectivity index (χ1v) is 19.4. The molecule has 13 nitrogen and oxygen atoms in total. The van der Waals surface area contributed by atoms with E-state index >= 15 is 0 Å². The number of allylic oxidation sites excluding steroid dienone is 5. The molecule has 0 saturated carbocycles. The van der Waals surface area contributed by atoms with Gasteiger partial charge in [0.05, 0.1) is 21.6 Å². The topological polar surface area (TPSA) is 179 Å². The van der Waals surface area contributed by atoms with E-state index in [1.165, 1.54) is 36.0 Å². The van der Waals surface area contributed by atoms with Gasteiger partial charge in [-0.25, -0.2) is 4.79 Å². The molecule has 3 aliphatic rings. The first kappa shape index (κ1) is 37.2. The molecular weight excluding hydrogens is 707 g/mol. The molecule has 1 fully saturated rings. The maximum Gasteiger partial charge on any atom is 0.334 e. The average molecular weight is 745 g/mol. The summed E-state index contributed by atoms with van der Waals surface area (Å²) in [4.78, 5) is 43.6. The third kappa shape index (κ3) is 7.07. The van der Waals surface area contributed by atoms with Gasteiger partial charge in [0.15, 0.2) is 5.71 Å². The molecule has 0 spiro atoms. The van der Waals surface area contributed by atoms with Crippen LogP contribution in [0.25, 0.3) is 0 Å². The number of rotatable bonds is 10. The van der Waals surface area contributed by atoms with Gasteiger partial charge in [0, 0.05) is 65.1 Å². The molecule has 0 atom stereocenters. The van der Waals surface area contributed by atoms with Crippen molar-refractivity contribution in [1.82, 2.24) is 5.06 Å². The normalized spacial score (nSPS) is 19.6. The summed E-state index contributed by atoms with van der Waals surface area (Å²) in [6.07, 6.45) is 7.37. The molecule has 0 unspecified atom stereocenters. The number of hydrogen-bond donors (Lipinski definition) is 2. The number of anilines is 1. The molecule has 266 valence electrons. The number of thioether (sulfide) groups is 1. The molecular formula is C34H38N3O10S3+. The van der Waals surface area contributed by atoms with E-state index in [4.69, 9.17) is 4.84 Å². The number of amides is 2. The highest BCUT2D eigenvalue weighted by atomic mass is 32.2. The summed E-state index contributed by atoms with van der Waals surface area (Å²) in [5, 5.41) is 0.511. The van der Waals surface area contributed by atoms with E-state index in [2.05, 4.69) is 0 Å². The lowest BCUT2D eigenvalue weighted by Gasteiger charge is -2.24. The van der Waals surface area contributed by atoms with Crippen molar-refractivity contribution in [2.45, 2.75) is 67.6 Å². The number of carbonyl (C=O) groups excluding carboxylic acids is 3. The molecule has 2 aromatic rings. The van der Waals surface area contributed by atoms with Crippen LogP contribution in [0, 0.1) is 0 Å². The summed E-state index contributed by atoms with van der Waals surface area (Å²) in [7, 11) is -5.13. The van der Waals surface area contributed by atoms with Crippen molar-refractivity contribution >= 4 is 66.9 Å². The van der Waals surface area contributed by atoms with Crippen LogP contribution in [0.4, 0.5) is 11.4 Å². The van der Waals surface area contributed by atoms with E-state index < -0.39 is 48.8 Å². The fourth-order valence-electron chi connectivity index (χ4n) is 6.48. The Balaban J connectivity index is 1.46. The average Bonchev–Trinajstić information content (AvgIpc) is 3.51. The van der Waals surface area contributed by atoms with E-state index in [-0.39, 0.29) is 34.8 Å². The molecule has 0 aliphatic carbocycles. The molecule has 5 rings (SSSR count). The van der Waals surface area contributed by atoms with Crippen molar-refractivity contribution in [2.75, 3.05) is 24.7 Å². The van der Waals surface area contributed by atoms with Gasteiger partial charge >= 0.3 is 5.97 Å². The summed E-state index contributed by atoms with van der Waals surface area (Å²) in [5.41, 5.74) is 3.30. The second-order valence-corrected chi connectivity index (χ2v) is 17.2. The molecule has 50 heavy (non-hydrogen) atoms. The second kappa shape index (κ2) is 13.2. The standard InChI is InChI=1S/C34H37N3O10S3/c1-33(2)24-19-22(49(41,42)43)9-11-26(24)35(5)28(33)13-7-21(48-18-17-32(40)47-37-30(38)15-16-31(37)39)8-14-29-34(3,4)25-20-23(50(44,45)46)10-12-27(25)36(29)6/h7-14,19-20H,15-18H2,1-6H3,(H-,41,42,43,44,45,46)/p+1. The van der Waals surface area contributed by atoms with Crippen molar-refractivity contribution < 1.29 is 49.7 Å². The maximum atomic E-state index is 12.5. The zero-order valence-corrected chi connectivity index (χ0v) is 30.8. The number of hydroxylamine groups is 2. The van der Waals surface area contributed by atoms with Gasteiger partial charge in [0.25, 0.3) is 32.1 Å². The van der Waals surface area contributed by atoms with Crippen LogP contribution < -0.4 is 4.90 Å². The Morgan fingerprint density at radius 3 is 2.12 bits per heavy atom. The number of carbonyl (C=O) groups is 3. The quantitative estimate of drug-likeness (QED) is 0.149. The molecule has 0 bridgehead atoms. The van der Waals surface area contributed by atoms with Gasteiger partial charge in [-0.15, -0.1) is 16.8 Å². The first-order chi connectivity index (χ1) is 23.1. The van der Waals surface area contributed by atoms with Crippen LogP contribution in [-0.4, -0.2) is 78.9 Å². The van der Waals surface area contributed by atoms with Gasteiger partial charge in [-0.05, 0) is 68.0 Å². The summed E-state index contributed by atoms with van der Waals surface area (Å²) >= 11 is 1.32. The third-order valence-electron chi connectivity index (χ3n) is 9.19. The number of likely N-dealkylation sites (N-methyl/N-ethyl adjacent to an activating group) is 1. The zero-order valence-electron chi connectivity index (χ0n) is 28.3. The van der Waals surface area contributed by atoms with Crippen molar-refractivity contribution in [3.05, 3.63) is 82.4 Å². The summed E-state index contributed by atoms with van der Waals surface area (Å²) in [6.45, 7) is 7.75. The van der Waals surface area contributed by atoms with Crippen molar-refractivity contribution in [3.8, 4) is 0 Å². The minimum Gasteiger partial charge on any atom is -0.347 e. The molecule has 3 aliphatic heterocycles. The predicted octanol–water partition coefficient (Wildman–Crippen LogP) is 4.67. The van der Waals surface area contributed by atoms with E-state index in [9.17, 15) is 40.3 Å². The van der Waals surface area contributed by atoms with E-state index in [1.54, 1.807) is 12.1 Å². The van der Waals surface area contributed by atoms with Crippen molar-refractivity contribution in [2.24, 2.45) is 0 Å². The molecule has 2 N–H and O–H groups in total. The molecule has 2 amide bonds. The van der Waals surface area contributed by atoms with Crippen LogP contribution in [0.15, 0.2) is 81.1 Å². The predicted molar refractivity (Wildman–Crippen MR) is 187 cm³/mol. The van der Waals surface area contributed by atoms with Crippen LogP contribution in [-0.2, 0) is 50.3 Å². The zero-order chi connectivity index (χ0) is 37.0. The van der Waals surface area contributed by atoms with Crippen molar-refractivity contribution in [3.63, 3.8) is 0 Å². The van der Waals surface area contributed by atoms with Crippen LogP contribution in [0.5, 0.6) is 0 Å². The van der Waals surface area contributed by atoms with Gasteiger partial charge in [-0.1, -0.05) is 13.8 Å². The third-order valence-corrected chi connectivity index (χ3v) is 11.9. The smallest absolute Gasteiger partial charge is 0.334 e. The molecule has 16 heteroatoms. The maximum absolute atomic E-state index is 12.5. The lowest BCUT2D eigenvalue weighted by atomic mass is 9.81. The Hall–Kier alpha value is -4.09. The Morgan fingerprint density at radius 2 is 1.52 bits per heavy atom. The number of nitrogens with zero attached hydrogens (tertiary/aromatic N) is 3. The summed E-state index contributed by atoms with van der Waals surface area (Å²) in [6, 6.07) is 8.90. The van der Waals surface area contributed by atoms with Gasteiger partial charge in [-0.2, -0.15) is 21.4 Å². The van der Waals surface area contributed by atoms with Gasteiger partial charge in [-0.3, -0.25) is 18.7 Å². The monoisotopic (exact) mass is 744 g/mol. The fourth-order valence-corrected chi connectivity index (χ4v) is 8.33. The number of fused-ring (bicyclic) bond motifs is 2. The minimum absolute atomic E-state index is 0.0103. The summed E-state index contributed by atoms with van der Waals surface area (Å²) < 4.78 is 68.7. The van der Waals surface area contributed by atoms with Gasteiger partial charge < -0.3 is 9.74 Å². The Bertz CT molecular complexity index is 2150. The van der Waals surface area contributed by atoms with E-state index in [0.717, 1.165) is 22.8 Å². The lowest BCUT2D eigenvalue weighted by Crippen LogP contribution is -2.32. The van der Waals surface area contributed by atoms with Crippen LogP contribution in [0.3, 0.4) is 0 Å².